The number of carbonyl (C=O) groups excluding carboxylic acids is 1. The Labute approximate surface area is 265 Å². The van der Waals surface area contributed by atoms with Crippen LogP contribution in [0.15, 0.2) is 48.8 Å². The molecule has 0 saturated carbocycles. The van der Waals surface area contributed by atoms with Crippen molar-refractivity contribution in [3.8, 4) is 29.3 Å². The van der Waals surface area contributed by atoms with Gasteiger partial charge in [0.15, 0.2) is 11.9 Å². The summed E-state index contributed by atoms with van der Waals surface area (Å²) < 4.78 is 40.7. The number of benzene rings is 2. The van der Waals surface area contributed by atoms with Crippen molar-refractivity contribution >= 4 is 23.2 Å². The molecule has 2 atom stereocenters. The van der Waals surface area contributed by atoms with E-state index in [4.69, 9.17) is 14.7 Å². The van der Waals surface area contributed by atoms with Crippen LogP contribution >= 0.6 is 0 Å². The molecule has 12 nitrogen and oxygen atoms in total. The first-order valence-corrected chi connectivity index (χ1v) is 15.1. The van der Waals surface area contributed by atoms with E-state index in [1.807, 2.05) is 18.2 Å². The molecule has 1 N–H and O–H groups in total. The summed E-state index contributed by atoms with van der Waals surface area (Å²) in [7, 11) is 0. The van der Waals surface area contributed by atoms with Gasteiger partial charge in [-0.05, 0) is 49.4 Å². The normalized spacial score (nSPS) is 21.5. The number of aromatic nitrogens is 3. The highest BCUT2D eigenvalue weighted by Gasteiger charge is 2.47. The van der Waals surface area contributed by atoms with Crippen molar-refractivity contribution < 1.29 is 23.0 Å². The molecule has 14 heteroatoms. The predicted molar refractivity (Wildman–Crippen MR) is 163 cm³/mol. The molecule has 0 bridgehead atoms. The molecule has 0 spiro atoms. The van der Waals surface area contributed by atoms with Crippen LogP contribution in [0.2, 0.25) is 0 Å². The second-order valence-electron chi connectivity index (χ2n) is 11.7. The summed E-state index contributed by atoms with van der Waals surface area (Å²) in [6.07, 6.45) is -0.791. The second-order valence-corrected chi connectivity index (χ2v) is 11.7. The molecule has 3 saturated heterocycles. The molecule has 0 radical (unpaired) electrons. The van der Waals surface area contributed by atoms with Gasteiger partial charge in [-0.15, -0.1) is 0 Å². The zero-order chi connectivity index (χ0) is 32.3. The molecule has 1 amide bonds. The van der Waals surface area contributed by atoms with Crippen molar-refractivity contribution in [3.63, 3.8) is 0 Å². The molecule has 46 heavy (non-hydrogen) atoms. The van der Waals surface area contributed by atoms with Crippen molar-refractivity contribution in [2.24, 2.45) is 0 Å². The zero-order valence-electron chi connectivity index (χ0n) is 25.3. The van der Waals surface area contributed by atoms with Crippen LogP contribution in [0.1, 0.15) is 25.3 Å². The Kier molecular flexibility index (Phi) is 8.92. The van der Waals surface area contributed by atoms with E-state index in [2.05, 4.69) is 49.1 Å². The lowest BCUT2D eigenvalue weighted by Gasteiger charge is -2.46. The molecule has 2 unspecified atom stereocenters. The van der Waals surface area contributed by atoms with Gasteiger partial charge in [-0.2, -0.15) is 15.5 Å². The Morgan fingerprint density at radius 2 is 1.93 bits per heavy atom. The largest absolute Gasteiger partial charge is 0.483 e. The topological polar surface area (TPSA) is 144 Å². The Morgan fingerprint density at radius 3 is 2.61 bits per heavy atom. The average Bonchev–Trinajstić information content (AvgIpc) is 3.02. The lowest BCUT2D eigenvalue weighted by Crippen LogP contribution is -2.59. The number of ether oxygens (including phenoxy) is 2. The van der Waals surface area contributed by atoms with E-state index in [0.717, 1.165) is 49.1 Å². The van der Waals surface area contributed by atoms with E-state index in [-0.39, 0.29) is 30.1 Å². The van der Waals surface area contributed by atoms with Crippen molar-refractivity contribution in [1.29, 1.82) is 10.5 Å². The number of likely N-dealkylation sites (tertiary alicyclic amines) is 1. The fourth-order valence-electron chi connectivity index (χ4n) is 5.97. The molecule has 2 aromatic carbocycles. The average molecular weight is 630 g/mol. The third-order valence-corrected chi connectivity index (χ3v) is 8.57. The van der Waals surface area contributed by atoms with Crippen molar-refractivity contribution in [1.82, 2.24) is 24.8 Å². The number of alkyl halides is 2. The molecule has 3 aliphatic rings. The molecule has 6 rings (SSSR count). The number of nitrogens with zero attached hydrogens (tertiary/aromatic N) is 8. The van der Waals surface area contributed by atoms with Gasteiger partial charge in [-0.1, -0.05) is 0 Å². The number of nitriles is 2. The number of piperidine rings is 1. The number of carbonyl (C=O) groups is 1. The first kappa shape index (κ1) is 31.1. The number of amides is 1. The van der Waals surface area contributed by atoms with Gasteiger partial charge in [0, 0.05) is 55.6 Å². The summed E-state index contributed by atoms with van der Waals surface area (Å²) in [5.41, 5.74) is 2.45. The van der Waals surface area contributed by atoms with E-state index < -0.39 is 30.9 Å². The minimum atomic E-state index is -3.36. The summed E-state index contributed by atoms with van der Waals surface area (Å²) in [4.78, 5) is 30.8. The number of halogens is 2. The molecule has 3 aliphatic heterocycles. The number of piperazine rings is 1. The number of hydrogen-bond acceptors (Lipinski definition) is 11. The molecule has 4 heterocycles. The first-order valence-electron chi connectivity index (χ1n) is 15.1. The number of rotatable bonds is 8. The van der Waals surface area contributed by atoms with E-state index in [1.165, 1.54) is 18.5 Å². The van der Waals surface area contributed by atoms with Crippen molar-refractivity contribution in [2.75, 3.05) is 56.2 Å². The van der Waals surface area contributed by atoms with Crippen LogP contribution in [-0.4, -0.2) is 101 Å². The van der Waals surface area contributed by atoms with Gasteiger partial charge in [0.25, 0.3) is 0 Å². The summed E-state index contributed by atoms with van der Waals surface area (Å²) in [6, 6.07) is 17.2. The quantitative estimate of drug-likeness (QED) is 0.390. The third kappa shape index (κ3) is 6.68. The van der Waals surface area contributed by atoms with E-state index in [9.17, 15) is 18.8 Å². The van der Waals surface area contributed by atoms with Crippen LogP contribution in [0.4, 0.5) is 26.1 Å². The molecular formula is C32H33F2N9O3. The van der Waals surface area contributed by atoms with Crippen molar-refractivity contribution in [3.05, 3.63) is 54.4 Å². The zero-order valence-corrected chi connectivity index (χ0v) is 25.3. The van der Waals surface area contributed by atoms with E-state index in [1.54, 1.807) is 12.1 Å². The molecule has 0 aliphatic carbocycles. The Morgan fingerprint density at radius 1 is 1.13 bits per heavy atom. The lowest BCUT2D eigenvalue weighted by atomic mass is 10.0. The monoisotopic (exact) mass is 629 g/mol. The second kappa shape index (κ2) is 13.2. The van der Waals surface area contributed by atoms with Gasteiger partial charge in [0.1, 0.15) is 24.6 Å². The standard InChI is InChI=1S/C32H33F2N9O3/c1-21-16-41(26-17-45-18-26)12-13-43(21)25-5-3-24(4-6-25)39-31-38-20-37-30(40-31)22-2-7-27(23(14-22)15-36)46-28-9-11-42(19-32(28,33)34)29(44)8-10-35/h2-7,14,20-21,26,28H,8-9,11-13,16-19H2,1H3,(H,37,38,39,40). The van der Waals surface area contributed by atoms with Crippen molar-refractivity contribution in [2.45, 2.75) is 43.9 Å². The van der Waals surface area contributed by atoms with Crippen LogP contribution in [0.3, 0.4) is 0 Å². The van der Waals surface area contributed by atoms with Crippen LogP contribution in [0.5, 0.6) is 5.75 Å². The number of anilines is 3. The van der Waals surface area contributed by atoms with Gasteiger partial charge in [-0.3, -0.25) is 9.69 Å². The van der Waals surface area contributed by atoms with Crippen LogP contribution in [0, 0.1) is 22.7 Å². The maximum absolute atomic E-state index is 14.9. The minimum absolute atomic E-state index is 0.00647. The third-order valence-electron chi connectivity index (χ3n) is 8.57. The van der Waals surface area contributed by atoms with E-state index >= 15 is 0 Å². The Balaban J connectivity index is 1.10. The molecular weight excluding hydrogens is 596 g/mol. The highest BCUT2D eigenvalue weighted by molar-refractivity contribution is 5.78. The van der Waals surface area contributed by atoms with Gasteiger partial charge in [-0.25, -0.2) is 18.7 Å². The van der Waals surface area contributed by atoms with Crippen LogP contribution < -0.4 is 15.0 Å². The minimum Gasteiger partial charge on any atom is -0.483 e. The molecule has 238 valence electrons. The summed E-state index contributed by atoms with van der Waals surface area (Å²) in [5.74, 6) is -3.42. The summed E-state index contributed by atoms with van der Waals surface area (Å²) in [5, 5.41) is 21.7. The maximum atomic E-state index is 14.9. The maximum Gasteiger partial charge on any atom is 0.301 e. The van der Waals surface area contributed by atoms with Crippen LogP contribution in [0.25, 0.3) is 11.4 Å². The number of nitrogens with one attached hydrogen (secondary N) is 1. The van der Waals surface area contributed by atoms with Crippen LogP contribution in [-0.2, 0) is 9.53 Å². The lowest BCUT2D eigenvalue weighted by molar-refractivity contribution is -0.159. The highest BCUT2D eigenvalue weighted by atomic mass is 19.3. The highest BCUT2D eigenvalue weighted by Crippen LogP contribution is 2.34. The molecule has 3 aromatic rings. The van der Waals surface area contributed by atoms with Gasteiger partial charge in [0.2, 0.25) is 11.9 Å². The smallest absolute Gasteiger partial charge is 0.301 e. The summed E-state index contributed by atoms with van der Waals surface area (Å²) >= 11 is 0. The van der Waals surface area contributed by atoms with Gasteiger partial charge in [0.05, 0.1) is 37.4 Å². The van der Waals surface area contributed by atoms with Gasteiger partial charge >= 0.3 is 5.92 Å². The first-order chi connectivity index (χ1) is 22.2. The SMILES string of the molecule is CC1CN(C2COC2)CCN1c1ccc(Nc2ncnc(-c3ccc(OC4CCN(C(=O)CC#N)CC4(F)F)c(C#N)c3)n2)cc1. The fourth-order valence-corrected chi connectivity index (χ4v) is 5.97. The summed E-state index contributed by atoms with van der Waals surface area (Å²) in [6.45, 7) is 6.01. The van der Waals surface area contributed by atoms with Gasteiger partial charge < -0.3 is 24.6 Å². The Bertz CT molecular complexity index is 1660. The Hall–Kier alpha value is -4.92. The van der Waals surface area contributed by atoms with E-state index in [0.29, 0.717) is 23.6 Å². The number of hydrogen-bond donors (Lipinski definition) is 1. The molecule has 1 aromatic heterocycles. The molecule has 3 fully saturated rings. The predicted octanol–water partition coefficient (Wildman–Crippen LogP) is 3.59. The fraction of sp³-hybridized carbons (Fsp3) is 0.438.